The van der Waals surface area contributed by atoms with Crippen molar-refractivity contribution >= 4 is 0 Å². The van der Waals surface area contributed by atoms with E-state index in [-0.39, 0.29) is 0 Å². The van der Waals surface area contributed by atoms with Crippen molar-refractivity contribution in [3.8, 4) is 0 Å². The Hall–Kier alpha value is -0.820. The number of nitrogens with one attached hydrogen (secondary N) is 1. The summed E-state index contributed by atoms with van der Waals surface area (Å²) in [6, 6.07) is 10.5. The molecule has 0 amide bonds. The van der Waals surface area contributed by atoms with Crippen LogP contribution < -0.4 is 5.32 Å². The van der Waals surface area contributed by atoms with E-state index in [1.807, 2.05) is 0 Å². The lowest BCUT2D eigenvalue weighted by Crippen LogP contribution is -2.35. The molecule has 1 aromatic rings. The first-order chi connectivity index (χ1) is 8.74. The third kappa shape index (κ3) is 2.61. The second-order valence-corrected chi connectivity index (χ2v) is 6.41. The molecule has 0 aromatic heterocycles. The molecular weight excluding hydrogens is 218 g/mol. The maximum Gasteiger partial charge on any atom is 0.0351 e. The second-order valence-electron chi connectivity index (χ2n) is 6.41. The van der Waals surface area contributed by atoms with Crippen molar-refractivity contribution in [2.24, 2.45) is 11.8 Å². The van der Waals surface area contributed by atoms with E-state index >= 15 is 0 Å². The van der Waals surface area contributed by atoms with Crippen LogP contribution in [0.4, 0.5) is 0 Å². The van der Waals surface area contributed by atoms with Crippen molar-refractivity contribution in [3.05, 3.63) is 35.4 Å². The summed E-state index contributed by atoms with van der Waals surface area (Å²) in [7, 11) is 0. The zero-order chi connectivity index (χ0) is 12.5. The maximum absolute atomic E-state index is 3.96. The summed E-state index contributed by atoms with van der Waals surface area (Å²) < 4.78 is 0. The molecule has 0 spiro atoms. The lowest BCUT2D eigenvalue weighted by molar-refractivity contribution is 0.354. The quantitative estimate of drug-likeness (QED) is 0.834. The van der Waals surface area contributed by atoms with Gasteiger partial charge in [-0.1, -0.05) is 43.2 Å². The van der Waals surface area contributed by atoms with Crippen LogP contribution in [0.2, 0.25) is 0 Å². The summed E-state index contributed by atoms with van der Waals surface area (Å²) in [6.45, 7) is 4.58. The number of aryl methyl sites for hydroxylation is 1. The van der Waals surface area contributed by atoms with Crippen molar-refractivity contribution in [2.75, 3.05) is 0 Å². The standard InChI is InChI=1S/C17H25N/c1-12-6-8-14(9-7-12)17(15-10-11-15)18-16-5-3-4-13(16)2/h6-9,13,15-18H,3-5,10-11H2,1-2H3. The summed E-state index contributed by atoms with van der Waals surface area (Å²) in [5.74, 6) is 1.75. The molecular formula is C17H25N. The van der Waals surface area contributed by atoms with Crippen LogP contribution in [0, 0.1) is 18.8 Å². The van der Waals surface area contributed by atoms with Gasteiger partial charge in [0.1, 0.15) is 0 Å². The van der Waals surface area contributed by atoms with Crippen LogP contribution in [0.3, 0.4) is 0 Å². The van der Waals surface area contributed by atoms with Gasteiger partial charge >= 0.3 is 0 Å². The number of hydrogen-bond donors (Lipinski definition) is 1. The normalized spacial score (nSPS) is 29.4. The van der Waals surface area contributed by atoms with Gasteiger partial charge in [0.15, 0.2) is 0 Å². The Labute approximate surface area is 111 Å². The third-order valence-corrected chi connectivity index (χ3v) is 4.78. The highest BCUT2D eigenvalue weighted by atomic mass is 15.0. The van der Waals surface area contributed by atoms with E-state index in [1.165, 1.54) is 43.2 Å². The maximum atomic E-state index is 3.96. The smallest absolute Gasteiger partial charge is 0.0351 e. The van der Waals surface area contributed by atoms with Crippen molar-refractivity contribution in [1.82, 2.24) is 5.32 Å². The highest BCUT2D eigenvalue weighted by Crippen LogP contribution is 2.42. The van der Waals surface area contributed by atoms with Gasteiger partial charge in [-0.3, -0.25) is 0 Å². The van der Waals surface area contributed by atoms with E-state index in [0.717, 1.165) is 17.9 Å². The molecule has 1 heteroatoms. The molecule has 3 unspecified atom stereocenters. The molecule has 2 aliphatic rings. The molecule has 1 nitrogen and oxygen atoms in total. The van der Waals surface area contributed by atoms with Crippen LogP contribution in [-0.2, 0) is 0 Å². The van der Waals surface area contributed by atoms with E-state index in [2.05, 4.69) is 43.4 Å². The summed E-state index contributed by atoms with van der Waals surface area (Å²) in [5, 5.41) is 3.96. The van der Waals surface area contributed by atoms with Gasteiger partial charge in [-0.15, -0.1) is 0 Å². The minimum absolute atomic E-state index is 0.608. The van der Waals surface area contributed by atoms with Crippen molar-refractivity contribution in [2.45, 2.75) is 58.0 Å². The first-order valence-electron chi connectivity index (χ1n) is 7.56. The number of benzene rings is 1. The Morgan fingerprint density at radius 3 is 2.33 bits per heavy atom. The topological polar surface area (TPSA) is 12.0 Å². The Morgan fingerprint density at radius 2 is 1.78 bits per heavy atom. The SMILES string of the molecule is Cc1ccc(C(NC2CCCC2C)C2CC2)cc1. The van der Waals surface area contributed by atoms with Gasteiger partial charge in [0.2, 0.25) is 0 Å². The molecule has 2 fully saturated rings. The van der Waals surface area contributed by atoms with E-state index in [0.29, 0.717) is 6.04 Å². The van der Waals surface area contributed by atoms with Crippen molar-refractivity contribution < 1.29 is 0 Å². The van der Waals surface area contributed by atoms with Crippen LogP contribution in [-0.4, -0.2) is 6.04 Å². The van der Waals surface area contributed by atoms with Crippen LogP contribution in [0.5, 0.6) is 0 Å². The van der Waals surface area contributed by atoms with Crippen LogP contribution >= 0.6 is 0 Å². The minimum Gasteiger partial charge on any atom is -0.307 e. The summed E-state index contributed by atoms with van der Waals surface area (Å²) in [4.78, 5) is 0. The van der Waals surface area contributed by atoms with Gasteiger partial charge in [0, 0.05) is 12.1 Å². The molecule has 3 atom stereocenters. The van der Waals surface area contributed by atoms with Gasteiger partial charge in [0.05, 0.1) is 0 Å². The fourth-order valence-electron chi connectivity index (χ4n) is 3.33. The lowest BCUT2D eigenvalue weighted by atomic mass is 9.98. The zero-order valence-electron chi connectivity index (χ0n) is 11.7. The first kappa shape index (κ1) is 12.2. The highest BCUT2D eigenvalue weighted by Gasteiger charge is 2.35. The number of hydrogen-bond acceptors (Lipinski definition) is 1. The Bertz CT molecular complexity index is 391. The van der Waals surface area contributed by atoms with E-state index in [9.17, 15) is 0 Å². The monoisotopic (exact) mass is 243 g/mol. The van der Waals surface area contributed by atoms with Crippen LogP contribution in [0.25, 0.3) is 0 Å². The molecule has 2 saturated carbocycles. The zero-order valence-corrected chi connectivity index (χ0v) is 11.7. The van der Waals surface area contributed by atoms with E-state index in [4.69, 9.17) is 0 Å². The molecule has 0 saturated heterocycles. The average Bonchev–Trinajstić information content (AvgIpc) is 3.12. The van der Waals surface area contributed by atoms with Gasteiger partial charge in [-0.25, -0.2) is 0 Å². The predicted octanol–water partition coefficient (Wildman–Crippen LogP) is 4.22. The van der Waals surface area contributed by atoms with Gasteiger partial charge in [-0.05, 0) is 50.0 Å². The fraction of sp³-hybridized carbons (Fsp3) is 0.647. The molecule has 1 aromatic carbocycles. The Balaban J connectivity index is 1.73. The molecule has 2 aliphatic carbocycles. The van der Waals surface area contributed by atoms with Crippen molar-refractivity contribution in [1.29, 1.82) is 0 Å². The number of rotatable bonds is 4. The predicted molar refractivity (Wildman–Crippen MR) is 76.6 cm³/mol. The first-order valence-corrected chi connectivity index (χ1v) is 7.56. The summed E-state index contributed by atoms with van der Waals surface area (Å²) in [5.41, 5.74) is 2.87. The van der Waals surface area contributed by atoms with Gasteiger partial charge in [0.25, 0.3) is 0 Å². The van der Waals surface area contributed by atoms with Gasteiger partial charge < -0.3 is 5.32 Å². The second kappa shape index (κ2) is 5.05. The summed E-state index contributed by atoms with van der Waals surface area (Å²) in [6.07, 6.45) is 7.00. The highest BCUT2D eigenvalue weighted by molar-refractivity contribution is 5.25. The third-order valence-electron chi connectivity index (χ3n) is 4.78. The molecule has 0 aliphatic heterocycles. The largest absolute Gasteiger partial charge is 0.307 e. The molecule has 0 bridgehead atoms. The van der Waals surface area contributed by atoms with Gasteiger partial charge in [-0.2, -0.15) is 0 Å². The minimum atomic E-state index is 0.608. The Morgan fingerprint density at radius 1 is 1.06 bits per heavy atom. The molecule has 3 rings (SSSR count). The molecule has 1 N–H and O–H groups in total. The molecule has 0 heterocycles. The average molecular weight is 243 g/mol. The van der Waals surface area contributed by atoms with Crippen LogP contribution in [0.1, 0.15) is 56.2 Å². The van der Waals surface area contributed by atoms with E-state index < -0.39 is 0 Å². The molecule has 18 heavy (non-hydrogen) atoms. The molecule has 0 radical (unpaired) electrons. The van der Waals surface area contributed by atoms with E-state index in [1.54, 1.807) is 0 Å². The van der Waals surface area contributed by atoms with Crippen molar-refractivity contribution in [3.63, 3.8) is 0 Å². The Kier molecular flexibility index (Phi) is 3.43. The fourth-order valence-corrected chi connectivity index (χ4v) is 3.33. The van der Waals surface area contributed by atoms with Crippen LogP contribution in [0.15, 0.2) is 24.3 Å². The summed E-state index contributed by atoms with van der Waals surface area (Å²) >= 11 is 0. The molecule has 98 valence electrons. The lowest BCUT2D eigenvalue weighted by Gasteiger charge is -2.26.